The molecule has 0 spiro atoms. The van der Waals surface area contributed by atoms with Crippen LogP contribution < -0.4 is 15.8 Å². The van der Waals surface area contributed by atoms with Crippen molar-refractivity contribution >= 4 is 63.4 Å². The van der Waals surface area contributed by atoms with Gasteiger partial charge in [-0.15, -0.1) is 10.2 Å². The van der Waals surface area contributed by atoms with Gasteiger partial charge in [-0.25, -0.2) is 4.99 Å². The number of allylic oxidation sites excluding steroid dienone is 5. The Bertz CT molecular complexity index is 2280. The Kier molecular flexibility index (Phi) is 8.60. The van der Waals surface area contributed by atoms with Crippen LogP contribution in [0.5, 0.6) is 0 Å². The van der Waals surface area contributed by atoms with Crippen LogP contribution in [-0.2, 0) is 9.59 Å². The Morgan fingerprint density at radius 3 is 2.35 bits per heavy atom. The first-order chi connectivity index (χ1) is 23.9. The Hall–Kier alpha value is -6.65. The average Bonchev–Trinajstić information content (AvgIpc) is 3.70. The second-order valence-electron chi connectivity index (χ2n) is 10.9. The molecule has 1 aliphatic heterocycles. The van der Waals surface area contributed by atoms with Crippen LogP contribution >= 0.6 is 11.6 Å². The number of rotatable bonds is 8. The monoisotopic (exact) mass is 663 g/mol. The minimum absolute atomic E-state index is 0.0476. The molecule has 49 heavy (non-hydrogen) atoms. The van der Waals surface area contributed by atoms with Crippen LogP contribution in [0.15, 0.2) is 166 Å². The van der Waals surface area contributed by atoms with Crippen LogP contribution in [0.4, 0.5) is 11.4 Å². The largest absolute Gasteiger partial charge is 0.361 e. The quantitative estimate of drug-likeness (QED) is 0.0887. The Morgan fingerprint density at radius 1 is 0.837 bits per heavy atom. The van der Waals surface area contributed by atoms with Gasteiger partial charge in [-0.2, -0.15) is 0 Å². The summed E-state index contributed by atoms with van der Waals surface area (Å²) in [6.07, 6.45) is 9.88. The van der Waals surface area contributed by atoms with Gasteiger partial charge in [0.1, 0.15) is 11.5 Å². The number of ketones is 1. The molecule has 5 aromatic rings. The van der Waals surface area contributed by atoms with Crippen molar-refractivity contribution in [2.45, 2.75) is 0 Å². The number of amidine groups is 1. The number of aromatic amines is 1. The van der Waals surface area contributed by atoms with E-state index in [0.29, 0.717) is 22.2 Å². The molecule has 3 N–H and O–H groups in total. The van der Waals surface area contributed by atoms with Gasteiger partial charge in [0.25, 0.3) is 11.8 Å². The Balaban J connectivity index is 1.15. The molecule has 0 saturated heterocycles. The number of aromatic nitrogens is 1. The number of hydrazine groups is 1. The summed E-state index contributed by atoms with van der Waals surface area (Å²) in [5.41, 5.74) is 10.3. The van der Waals surface area contributed by atoms with Gasteiger partial charge in [-0.05, 0) is 72.8 Å². The molecule has 2 amide bonds. The summed E-state index contributed by atoms with van der Waals surface area (Å²) >= 11 is 5.98. The zero-order chi connectivity index (χ0) is 33.7. The summed E-state index contributed by atoms with van der Waals surface area (Å²) in [5, 5.41) is 9.53. The number of hydrogen-bond donors (Lipinski definition) is 3. The van der Waals surface area contributed by atoms with Crippen LogP contribution in [0.25, 0.3) is 17.0 Å². The first-order valence-corrected chi connectivity index (χ1v) is 15.6. The van der Waals surface area contributed by atoms with Crippen molar-refractivity contribution < 1.29 is 14.4 Å². The topological polar surface area (TPSA) is 131 Å². The maximum absolute atomic E-state index is 13.9. The van der Waals surface area contributed by atoms with Crippen molar-refractivity contribution in [3.8, 4) is 0 Å². The number of carbonyl (C=O) groups is 3. The predicted molar refractivity (Wildman–Crippen MR) is 191 cm³/mol. The van der Waals surface area contributed by atoms with E-state index in [4.69, 9.17) is 16.6 Å². The standard InChI is InChI=1S/C38H26ClN7O3/c39-27-16-18-28(19-17-27)42-43-35(31-11-5-7-13-34(31)47)44-45-37(48)25-14-20-29(21-15-25)46-36(24-8-2-1-3-9-24)41-33(38(46)49)22-26-23-40-32-12-6-4-10-30(26)32/h1-23,40,42-43H/b33-22+,35-31+,45-44?. The van der Waals surface area contributed by atoms with Gasteiger partial charge in [-0.1, -0.05) is 72.3 Å². The van der Waals surface area contributed by atoms with E-state index in [1.54, 1.807) is 72.8 Å². The summed E-state index contributed by atoms with van der Waals surface area (Å²) in [6.45, 7) is 0. The van der Waals surface area contributed by atoms with Crippen molar-refractivity contribution in [3.63, 3.8) is 0 Å². The maximum atomic E-state index is 13.9. The molecule has 2 heterocycles. The fourth-order valence-electron chi connectivity index (χ4n) is 5.28. The number of halogens is 1. The van der Waals surface area contributed by atoms with Crippen molar-refractivity contribution in [1.29, 1.82) is 0 Å². The number of nitrogens with zero attached hydrogens (tertiary/aromatic N) is 4. The van der Waals surface area contributed by atoms with E-state index in [0.717, 1.165) is 22.0 Å². The summed E-state index contributed by atoms with van der Waals surface area (Å²) < 4.78 is 0. The van der Waals surface area contributed by atoms with Gasteiger partial charge in [0, 0.05) is 38.8 Å². The van der Waals surface area contributed by atoms with E-state index in [2.05, 4.69) is 26.1 Å². The first-order valence-electron chi connectivity index (χ1n) is 15.2. The third-order valence-corrected chi connectivity index (χ3v) is 7.98. The predicted octanol–water partition coefficient (Wildman–Crippen LogP) is 7.77. The normalized spacial score (nSPS) is 16.1. The highest BCUT2D eigenvalue weighted by molar-refractivity contribution is 6.33. The van der Waals surface area contributed by atoms with Crippen molar-refractivity contribution in [2.75, 3.05) is 10.3 Å². The Labute approximate surface area is 285 Å². The van der Waals surface area contributed by atoms with Crippen LogP contribution in [0.2, 0.25) is 5.02 Å². The molecular formula is C38H26ClN7O3. The van der Waals surface area contributed by atoms with E-state index in [1.165, 1.54) is 11.0 Å². The molecule has 0 radical (unpaired) electrons. The molecule has 7 rings (SSSR count). The van der Waals surface area contributed by atoms with Crippen LogP contribution in [0.1, 0.15) is 21.5 Å². The second-order valence-corrected chi connectivity index (χ2v) is 11.4. The molecule has 0 fully saturated rings. The summed E-state index contributed by atoms with van der Waals surface area (Å²) in [6, 6.07) is 30.6. The van der Waals surface area contributed by atoms with Crippen LogP contribution in [0, 0.1) is 0 Å². The highest BCUT2D eigenvalue weighted by Crippen LogP contribution is 2.30. The highest BCUT2D eigenvalue weighted by atomic mass is 35.5. The fraction of sp³-hybridized carbons (Fsp3) is 0. The number of fused-ring (bicyclic) bond motifs is 1. The second kappa shape index (κ2) is 13.6. The lowest BCUT2D eigenvalue weighted by Crippen LogP contribution is -2.32. The zero-order valence-corrected chi connectivity index (χ0v) is 26.4. The lowest BCUT2D eigenvalue weighted by atomic mass is 10.1. The number of amides is 2. The zero-order valence-electron chi connectivity index (χ0n) is 25.7. The third kappa shape index (κ3) is 6.62. The van der Waals surface area contributed by atoms with Crippen molar-refractivity contribution in [3.05, 3.63) is 172 Å². The van der Waals surface area contributed by atoms with Gasteiger partial charge in [-0.3, -0.25) is 30.1 Å². The molecule has 1 aromatic heterocycles. The van der Waals surface area contributed by atoms with E-state index in [9.17, 15) is 14.4 Å². The van der Waals surface area contributed by atoms with Gasteiger partial charge in [0.2, 0.25) is 0 Å². The van der Waals surface area contributed by atoms with E-state index >= 15 is 0 Å². The Morgan fingerprint density at radius 2 is 1.57 bits per heavy atom. The molecule has 4 aromatic carbocycles. The van der Waals surface area contributed by atoms with Gasteiger partial charge in [0.15, 0.2) is 11.6 Å². The van der Waals surface area contributed by atoms with E-state index < -0.39 is 5.91 Å². The maximum Gasteiger partial charge on any atom is 0.295 e. The first kappa shape index (κ1) is 31.0. The summed E-state index contributed by atoms with van der Waals surface area (Å²) in [4.78, 5) is 49.1. The molecule has 2 aliphatic rings. The van der Waals surface area contributed by atoms with Crippen LogP contribution in [-0.4, -0.2) is 28.4 Å². The number of para-hydroxylation sites is 1. The van der Waals surface area contributed by atoms with Crippen molar-refractivity contribution in [1.82, 2.24) is 10.4 Å². The number of azo groups is 1. The van der Waals surface area contributed by atoms with Gasteiger partial charge >= 0.3 is 0 Å². The molecule has 0 bridgehead atoms. The molecule has 238 valence electrons. The lowest BCUT2D eigenvalue weighted by Gasteiger charge is -2.18. The molecule has 0 unspecified atom stereocenters. The summed E-state index contributed by atoms with van der Waals surface area (Å²) in [7, 11) is 0. The van der Waals surface area contributed by atoms with E-state index in [1.807, 2.05) is 60.8 Å². The number of H-pyrrole nitrogens is 1. The SMILES string of the molecule is O=C1C=CC=C/C1=C(\N=NC(=O)c1ccc(N2C(=O)/C(=C\c3c[nH]c4ccccc34)N=C2c2ccccc2)cc1)NNc1ccc(Cl)cc1. The van der Waals surface area contributed by atoms with Gasteiger partial charge < -0.3 is 4.98 Å². The molecular weight excluding hydrogens is 638 g/mol. The number of benzene rings is 4. The lowest BCUT2D eigenvalue weighted by molar-refractivity contribution is -0.114. The molecule has 0 atom stereocenters. The van der Waals surface area contributed by atoms with Crippen molar-refractivity contribution in [2.24, 2.45) is 15.2 Å². The molecule has 0 saturated carbocycles. The number of hydrogen-bond acceptors (Lipinski definition) is 7. The average molecular weight is 664 g/mol. The molecule has 10 nitrogen and oxygen atoms in total. The number of aliphatic imine (C=N–C) groups is 1. The number of anilines is 2. The fourth-order valence-corrected chi connectivity index (χ4v) is 5.40. The minimum Gasteiger partial charge on any atom is -0.361 e. The molecule has 11 heteroatoms. The number of carbonyl (C=O) groups excluding carboxylic acids is 3. The number of nitrogens with one attached hydrogen (secondary N) is 3. The highest BCUT2D eigenvalue weighted by Gasteiger charge is 2.32. The smallest absolute Gasteiger partial charge is 0.295 e. The molecule has 1 aliphatic carbocycles. The third-order valence-electron chi connectivity index (χ3n) is 7.73. The summed E-state index contributed by atoms with van der Waals surface area (Å²) in [5.74, 6) is -0.748. The van der Waals surface area contributed by atoms with E-state index in [-0.39, 0.29) is 34.3 Å². The minimum atomic E-state index is -0.648. The van der Waals surface area contributed by atoms with Gasteiger partial charge in [0.05, 0.1) is 16.9 Å². The van der Waals surface area contributed by atoms with Crippen LogP contribution in [0.3, 0.4) is 0 Å².